The van der Waals surface area contributed by atoms with E-state index < -0.39 is 16.3 Å². The molecule has 0 aliphatic heterocycles. The van der Waals surface area contributed by atoms with Crippen LogP contribution < -0.4 is 5.14 Å². The van der Waals surface area contributed by atoms with Crippen LogP contribution in [0.4, 0.5) is 0 Å². The SMILES string of the molecule is Cl.NS(=O)(=O)OC(=O)c1cccs1. The lowest BCUT2D eigenvalue weighted by Gasteiger charge is -1.96. The molecule has 0 saturated heterocycles. The number of hydrogen-bond acceptors (Lipinski definition) is 5. The van der Waals surface area contributed by atoms with Crippen molar-refractivity contribution in [2.45, 2.75) is 0 Å². The second-order valence-electron chi connectivity index (χ2n) is 1.84. The Balaban J connectivity index is 0.00000144. The zero-order valence-corrected chi connectivity index (χ0v) is 8.62. The number of carbonyl (C=O) groups is 1. The molecule has 8 heteroatoms. The van der Waals surface area contributed by atoms with Gasteiger partial charge in [-0.3, -0.25) is 0 Å². The van der Waals surface area contributed by atoms with Crippen LogP contribution in [0.1, 0.15) is 9.67 Å². The van der Waals surface area contributed by atoms with Gasteiger partial charge in [0, 0.05) is 0 Å². The first-order valence-corrected chi connectivity index (χ1v) is 5.14. The van der Waals surface area contributed by atoms with Gasteiger partial charge in [-0.25, -0.2) is 4.79 Å². The molecule has 0 radical (unpaired) electrons. The number of thiophene rings is 1. The number of rotatable bonds is 2. The molecule has 0 bridgehead atoms. The lowest BCUT2D eigenvalue weighted by molar-refractivity contribution is 0.0752. The highest BCUT2D eigenvalue weighted by Gasteiger charge is 2.14. The van der Waals surface area contributed by atoms with Gasteiger partial charge in [0.25, 0.3) is 0 Å². The van der Waals surface area contributed by atoms with Gasteiger partial charge in [-0.2, -0.15) is 13.6 Å². The predicted octanol–water partition coefficient (Wildman–Crippen LogP) is 0.530. The summed E-state index contributed by atoms with van der Waals surface area (Å²) in [5, 5.41) is 6.10. The third kappa shape index (κ3) is 4.23. The van der Waals surface area contributed by atoms with Crippen molar-refractivity contribution in [2.75, 3.05) is 0 Å². The molecule has 0 fully saturated rings. The summed E-state index contributed by atoms with van der Waals surface area (Å²) in [6.45, 7) is 0. The quantitative estimate of drug-likeness (QED) is 0.821. The minimum Gasteiger partial charge on any atom is -0.329 e. The summed E-state index contributed by atoms with van der Waals surface area (Å²) in [6.07, 6.45) is 0. The lowest BCUT2D eigenvalue weighted by Crippen LogP contribution is -2.19. The number of halogens is 1. The van der Waals surface area contributed by atoms with Crippen LogP contribution in [0.15, 0.2) is 17.5 Å². The molecular weight excluding hydrogens is 238 g/mol. The highest BCUT2D eigenvalue weighted by atomic mass is 35.5. The van der Waals surface area contributed by atoms with Crippen molar-refractivity contribution in [1.82, 2.24) is 0 Å². The standard InChI is InChI=1S/C5H5NO4S2.ClH/c6-12(8,9)10-5(7)4-2-1-3-11-4;/h1-3H,(H2,6,8,9);1H. The van der Waals surface area contributed by atoms with E-state index in [0.29, 0.717) is 0 Å². The van der Waals surface area contributed by atoms with Crippen LogP contribution in [-0.4, -0.2) is 14.4 Å². The van der Waals surface area contributed by atoms with E-state index in [1.54, 1.807) is 11.4 Å². The first kappa shape index (κ1) is 12.4. The van der Waals surface area contributed by atoms with E-state index in [-0.39, 0.29) is 17.3 Å². The van der Waals surface area contributed by atoms with Gasteiger partial charge in [-0.15, -0.1) is 23.7 Å². The van der Waals surface area contributed by atoms with Crippen molar-refractivity contribution in [3.8, 4) is 0 Å². The van der Waals surface area contributed by atoms with Crippen molar-refractivity contribution < 1.29 is 17.4 Å². The van der Waals surface area contributed by atoms with E-state index in [1.165, 1.54) is 6.07 Å². The van der Waals surface area contributed by atoms with Gasteiger partial charge >= 0.3 is 16.3 Å². The van der Waals surface area contributed by atoms with E-state index >= 15 is 0 Å². The topological polar surface area (TPSA) is 86.5 Å². The van der Waals surface area contributed by atoms with Crippen LogP contribution >= 0.6 is 23.7 Å². The summed E-state index contributed by atoms with van der Waals surface area (Å²) in [5.41, 5.74) is 0. The third-order valence-electron chi connectivity index (χ3n) is 0.914. The molecule has 5 nitrogen and oxygen atoms in total. The molecule has 0 saturated carbocycles. The van der Waals surface area contributed by atoms with E-state index in [9.17, 15) is 13.2 Å². The molecule has 0 spiro atoms. The molecule has 1 aromatic rings. The van der Waals surface area contributed by atoms with E-state index in [2.05, 4.69) is 9.32 Å². The normalized spacial score (nSPS) is 10.2. The summed E-state index contributed by atoms with van der Waals surface area (Å²) in [5.74, 6) is -0.951. The molecule has 13 heavy (non-hydrogen) atoms. The Bertz CT molecular complexity index is 371. The molecule has 1 heterocycles. The zero-order valence-electron chi connectivity index (χ0n) is 6.17. The highest BCUT2D eigenvalue weighted by Crippen LogP contribution is 2.10. The van der Waals surface area contributed by atoms with Crippen molar-refractivity contribution in [3.05, 3.63) is 22.4 Å². The fourth-order valence-electron chi connectivity index (χ4n) is 0.541. The summed E-state index contributed by atoms with van der Waals surface area (Å²) in [7, 11) is -4.19. The molecule has 2 N–H and O–H groups in total. The fraction of sp³-hybridized carbons (Fsp3) is 0. The number of carbonyl (C=O) groups excluding carboxylic acids is 1. The van der Waals surface area contributed by atoms with E-state index in [1.807, 2.05) is 0 Å². The van der Waals surface area contributed by atoms with Crippen LogP contribution in [0.5, 0.6) is 0 Å². The number of nitrogens with two attached hydrogens (primary N) is 1. The maximum Gasteiger partial charge on any atom is 0.382 e. The molecule has 0 aromatic carbocycles. The Morgan fingerprint density at radius 2 is 2.15 bits per heavy atom. The van der Waals surface area contributed by atoms with Crippen molar-refractivity contribution in [3.63, 3.8) is 0 Å². The third-order valence-corrected chi connectivity index (χ3v) is 2.15. The zero-order chi connectivity index (χ0) is 9.19. The Labute approximate surface area is 85.2 Å². The molecule has 74 valence electrons. The van der Waals surface area contributed by atoms with Crippen molar-refractivity contribution in [1.29, 1.82) is 0 Å². The van der Waals surface area contributed by atoms with Crippen LogP contribution in [0.25, 0.3) is 0 Å². The minimum absolute atomic E-state index is 0. The maximum atomic E-state index is 10.9. The van der Waals surface area contributed by atoms with Gasteiger partial charge in [0.1, 0.15) is 4.88 Å². The number of hydrogen-bond donors (Lipinski definition) is 1. The summed E-state index contributed by atoms with van der Waals surface area (Å²) >= 11 is 1.08. The average molecular weight is 244 g/mol. The highest BCUT2D eigenvalue weighted by molar-refractivity contribution is 7.84. The second kappa shape index (κ2) is 4.56. The van der Waals surface area contributed by atoms with Crippen LogP contribution in [0.2, 0.25) is 0 Å². The van der Waals surface area contributed by atoms with Crippen LogP contribution in [0.3, 0.4) is 0 Å². The molecule has 0 aliphatic rings. The largest absolute Gasteiger partial charge is 0.382 e. The summed E-state index contributed by atoms with van der Waals surface area (Å²) in [4.78, 5) is 11.0. The first-order valence-electron chi connectivity index (χ1n) is 2.79. The molecule has 1 rings (SSSR count). The molecule has 0 amide bonds. The first-order chi connectivity index (χ1) is 5.49. The van der Waals surface area contributed by atoms with E-state index in [0.717, 1.165) is 11.3 Å². The Morgan fingerprint density at radius 1 is 1.54 bits per heavy atom. The predicted molar refractivity (Wildman–Crippen MR) is 50.1 cm³/mol. The van der Waals surface area contributed by atoms with E-state index in [4.69, 9.17) is 0 Å². The van der Waals surface area contributed by atoms with Gasteiger partial charge in [0.15, 0.2) is 0 Å². The monoisotopic (exact) mass is 243 g/mol. The maximum absolute atomic E-state index is 10.9. The minimum atomic E-state index is -4.19. The van der Waals surface area contributed by atoms with Crippen LogP contribution in [-0.2, 0) is 14.5 Å². The molecular formula is C5H6ClNO4S2. The molecule has 0 unspecified atom stereocenters. The van der Waals surface area contributed by atoms with Gasteiger partial charge in [-0.1, -0.05) is 6.07 Å². The van der Waals surface area contributed by atoms with Crippen molar-refractivity contribution >= 4 is 40.0 Å². The van der Waals surface area contributed by atoms with Crippen molar-refractivity contribution in [2.24, 2.45) is 5.14 Å². The fourth-order valence-corrected chi connectivity index (χ4v) is 1.49. The lowest BCUT2D eigenvalue weighted by atomic mass is 10.5. The Kier molecular flexibility index (Phi) is 4.34. The van der Waals surface area contributed by atoms with Gasteiger partial charge in [0.05, 0.1) is 0 Å². The second-order valence-corrected chi connectivity index (χ2v) is 3.94. The Morgan fingerprint density at radius 3 is 2.54 bits per heavy atom. The Hall–Kier alpha value is -0.630. The van der Waals surface area contributed by atoms with Crippen LogP contribution in [0, 0.1) is 0 Å². The summed E-state index contributed by atoms with van der Waals surface area (Å²) < 4.78 is 24.5. The average Bonchev–Trinajstić information content (AvgIpc) is 2.32. The summed E-state index contributed by atoms with van der Waals surface area (Å²) in [6, 6.07) is 3.04. The molecule has 0 aliphatic carbocycles. The van der Waals surface area contributed by atoms with Gasteiger partial charge in [-0.05, 0) is 11.4 Å². The molecule has 1 aromatic heterocycles. The van der Waals surface area contributed by atoms with Gasteiger partial charge in [0.2, 0.25) is 0 Å². The van der Waals surface area contributed by atoms with Gasteiger partial charge < -0.3 is 4.18 Å². The molecule has 0 atom stereocenters. The smallest absolute Gasteiger partial charge is 0.329 e.